The molecule has 1 saturated heterocycles. The van der Waals surface area contributed by atoms with E-state index in [-0.39, 0.29) is 5.91 Å². The summed E-state index contributed by atoms with van der Waals surface area (Å²) in [6.45, 7) is 3.55. The van der Waals surface area contributed by atoms with E-state index in [0.29, 0.717) is 57.9 Å². The number of thioether (sulfide) groups is 1. The molecule has 208 valence electrons. The van der Waals surface area contributed by atoms with Crippen LogP contribution in [0, 0.1) is 0 Å². The van der Waals surface area contributed by atoms with Gasteiger partial charge in [-0.25, -0.2) is 0 Å². The second-order valence-corrected chi connectivity index (χ2v) is 11.1. The fraction of sp³-hybridized carbons (Fsp3) is 0.152. The Labute approximate surface area is 254 Å². The molecule has 1 aliphatic rings. The number of nitrogens with zero attached hydrogens (tertiary/aromatic N) is 2. The number of amides is 1. The van der Waals surface area contributed by atoms with Gasteiger partial charge >= 0.3 is 0 Å². The van der Waals surface area contributed by atoms with E-state index >= 15 is 0 Å². The lowest BCUT2D eigenvalue weighted by Crippen LogP contribution is -2.28. The highest BCUT2D eigenvalue weighted by Gasteiger charge is 2.33. The summed E-state index contributed by atoms with van der Waals surface area (Å²) >= 11 is 14.0. The summed E-state index contributed by atoms with van der Waals surface area (Å²) in [5.74, 6) is 0.852. The van der Waals surface area contributed by atoms with E-state index in [9.17, 15) is 4.79 Å². The molecule has 0 radical (unpaired) electrons. The zero-order chi connectivity index (χ0) is 28.6. The van der Waals surface area contributed by atoms with Crippen molar-refractivity contribution in [3.05, 3.63) is 134 Å². The smallest absolute Gasteiger partial charge is 0.267 e. The van der Waals surface area contributed by atoms with Crippen LogP contribution in [0.1, 0.15) is 29.2 Å². The molecule has 0 aliphatic carbocycles. The molecule has 0 saturated carbocycles. The summed E-state index contributed by atoms with van der Waals surface area (Å²) in [6, 6.07) is 30.9. The maximum Gasteiger partial charge on any atom is 0.267 e. The minimum atomic E-state index is -0.109. The summed E-state index contributed by atoms with van der Waals surface area (Å²) in [4.78, 5) is 20.7. The van der Waals surface area contributed by atoms with Gasteiger partial charge in [0.25, 0.3) is 5.91 Å². The minimum absolute atomic E-state index is 0.109. The first-order valence-electron chi connectivity index (χ1n) is 13.2. The molecule has 0 N–H and O–H groups in total. The number of carbonyl (C=O) groups is 1. The molecule has 1 fully saturated rings. The number of hydrogen-bond donors (Lipinski definition) is 0. The van der Waals surface area contributed by atoms with Gasteiger partial charge in [-0.3, -0.25) is 14.7 Å². The first kappa shape index (κ1) is 28.8. The van der Waals surface area contributed by atoms with Crippen LogP contribution in [-0.2, 0) is 24.5 Å². The molecule has 0 bridgehead atoms. The molecule has 1 amide bonds. The van der Waals surface area contributed by atoms with Crippen molar-refractivity contribution in [1.82, 2.24) is 4.90 Å². The summed E-state index contributed by atoms with van der Waals surface area (Å²) in [6.07, 6.45) is 1.83. The van der Waals surface area contributed by atoms with Crippen molar-refractivity contribution < 1.29 is 14.3 Å². The van der Waals surface area contributed by atoms with Gasteiger partial charge < -0.3 is 9.47 Å². The van der Waals surface area contributed by atoms with Gasteiger partial charge in [-0.05, 0) is 71.3 Å². The second-order valence-electron chi connectivity index (χ2n) is 9.25. The third kappa shape index (κ3) is 7.53. The number of hydrogen-bond acceptors (Lipinski definition) is 5. The van der Waals surface area contributed by atoms with E-state index in [1.54, 1.807) is 11.0 Å². The number of benzene rings is 4. The molecular formula is C33H28Cl2N2O3S. The van der Waals surface area contributed by atoms with Crippen molar-refractivity contribution >= 4 is 52.1 Å². The summed E-state index contributed by atoms with van der Waals surface area (Å²) < 4.78 is 11.9. The quantitative estimate of drug-likeness (QED) is 0.170. The van der Waals surface area contributed by atoms with Crippen LogP contribution in [-0.4, -0.2) is 22.6 Å². The Morgan fingerprint density at radius 1 is 0.854 bits per heavy atom. The number of halogens is 2. The highest BCUT2D eigenvalue weighted by molar-refractivity contribution is 8.18. The fourth-order valence-corrected chi connectivity index (χ4v) is 5.61. The Morgan fingerprint density at radius 2 is 1.54 bits per heavy atom. The third-order valence-corrected chi connectivity index (χ3v) is 7.81. The van der Waals surface area contributed by atoms with Gasteiger partial charge in [0.2, 0.25) is 0 Å². The standard InChI is InChI=1S/C33H28Cl2N2O3S/c1-2-39-29-18-26(17-28(35)31(29)40-22-25-13-15-27(34)16-14-25)19-30-32(38)37(21-24-11-7-4-8-12-24)33(41-30)36-20-23-9-5-3-6-10-23/h3-19H,2,20-22H2,1H3/b30-19+,36-33?. The highest BCUT2D eigenvalue weighted by atomic mass is 35.5. The minimum Gasteiger partial charge on any atom is -0.490 e. The van der Waals surface area contributed by atoms with Crippen molar-refractivity contribution in [2.24, 2.45) is 4.99 Å². The number of rotatable bonds is 10. The molecule has 0 atom stereocenters. The van der Waals surface area contributed by atoms with E-state index in [0.717, 1.165) is 22.3 Å². The first-order chi connectivity index (χ1) is 20.0. The number of ether oxygens (including phenoxy) is 2. The predicted octanol–water partition coefficient (Wildman–Crippen LogP) is 8.64. The molecule has 4 aromatic carbocycles. The Bertz CT molecular complexity index is 1560. The summed E-state index contributed by atoms with van der Waals surface area (Å²) in [5.41, 5.74) is 3.79. The van der Waals surface area contributed by atoms with Gasteiger partial charge in [-0.2, -0.15) is 0 Å². The van der Waals surface area contributed by atoms with Gasteiger partial charge in [0.1, 0.15) is 6.61 Å². The number of amidine groups is 1. The molecule has 0 unspecified atom stereocenters. The first-order valence-corrected chi connectivity index (χ1v) is 14.7. The van der Waals surface area contributed by atoms with Gasteiger partial charge in [-0.1, -0.05) is 96.0 Å². The van der Waals surface area contributed by atoms with Crippen LogP contribution in [0.3, 0.4) is 0 Å². The number of carbonyl (C=O) groups excluding carboxylic acids is 1. The van der Waals surface area contributed by atoms with E-state index in [1.165, 1.54) is 11.8 Å². The summed E-state index contributed by atoms with van der Waals surface area (Å²) in [7, 11) is 0. The Hall–Kier alpha value is -3.71. The van der Waals surface area contributed by atoms with Crippen molar-refractivity contribution in [3.63, 3.8) is 0 Å². The van der Waals surface area contributed by atoms with Crippen LogP contribution in [0.25, 0.3) is 6.08 Å². The largest absolute Gasteiger partial charge is 0.490 e. The predicted molar refractivity (Wildman–Crippen MR) is 169 cm³/mol. The van der Waals surface area contributed by atoms with Crippen LogP contribution in [0.4, 0.5) is 0 Å². The summed E-state index contributed by atoms with van der Waals surface area (Å²) in [5, 5.41) is 1.72. The van der Waals surface area contributed by atoms with Crippen molar-refractivity contribution in [2.75, 3.05) is 6.61 Å². The molecule has 41 heavy (non-hydrogen) atoms. The van der Waals surface area contributed by atoms with Crippen LogP contribution < -0.4 is 9.47 Å². The van der Waals surface area contributed by atoms with Crippen molar-refractivity contribution in [2.45, 2.75) is 26.6 Å². The second kappa shape index (κ2) is 13.8. The maximum absolute atomic E-state index is 13.6. The van der Waals surface area contributed by atoms with Gasteiger partial charge in [-0.15, -0.1) is 0 Å². The SMILES string of the molecule is CCOc1cc(/C=C2/SC(=NCc3ccccc3)N(Cc3ccccc3)C2=O)cc(Cl)c1OCc1ccc(Cl)cc1. The molecular weight excluding hydrogens is 575 g/mol. The molecule has 1 heterocycles. The van der Waals surface area contributed by atoms with E-state index in [2.05, 4.69) is 0 Å². The van der Waals surface area contributed by atoms with Crippen LogP contribution in [0.15, 0.2) is 107 Å². The van der Waals surface area contributed by atoms with Gasteiger partial charge in [0.15, 0.2) is 16.7 Å². The van der Waals surface area contributed by atoms with Crippen molar-refractivity contribution in [3.8, 4) is 11.5 Å². The average Bonchev–Trinajstić information content (AvgIpc) is 3.27. The van der Waals surface area contributed by atoms with E-state index in [4.69, 9.17) is 37.7 Å². The normalized spacial score (nSPS) is 15.1. The molecule has 5 rings (SSSR count). The molecule has 0 aromatic heterocycles. The zero-order valence-electron chi connectivity index (χ0n) is 22.4. The van der Waals surface area contributed by atoms with Crippen LogP contribution in [0.2, 0.25) is 10.0 Å². The lowest BCUT2D eigenvalue weighted by Gasteiger charge is -2.16. The van der Waals surface area contributed by atoms with Crippen LogP contribution >= 0.6 is 35.0 Å². The van der Waals surface area contributed by atoms with Gasteiger partial charge in [0.05, 0.1) is 29.6 Å². The Morgan fingerprint density at radius 3 is 2.22 bits per heavy atom. The Kier molecular flexibility index (Phi) is 9.67. The van der Waals surface area contributed by atoms with E-state index in [1.807, 2.05) is 104 Å². The van der Waals surface area contributed by atoms with Crippen LogP contribution in [0.5, 0.6) is 11.5 Å². The van der Waals surface area contributed by atoms with Crippen molar-refractivity contribution in [1.29, 1.82) is 0 Å². The monoisotopic (exact) mass is 602 g/mol. The zero-order valence-corrected chi connectivity index (χ0v) is 24.8. The van der Waals surface area contributed by atoms with E-state index < -0.39 is 0 Å². The Balaban J connectivity index is 1.42. The highest BCUT2D eigenvalue weighted by Crippen LogP contribution is 2.40. The molecule has 4 aromatic rings. The van der Waals surface area contributed by atoms with Gasteiger partial charge in [0, 0.05) is 5.02 Å². The maximum atomic E-state index is 13.6. The number of aliphatic imine (C=N–C) groups is 1. The molecule has 8 heteroatoms. The lowest BCUT2D eigenvalue weighted by molar-refractivity contribution is -0.122. The topological polar surface area (TPSA) is 51.1 Å². The average molecular weight is 604 g/mol. The molecule has 5 nitrogen and oxygen atoms in total. The lowest BCUT2D eigenvalue weighted by atomic mass is 10.1. The molecule has 1 aliphatic heterocycles. The third-order valence-electron chi connectivity index (χ3n) is 6.24. The fourth-order valence-electron chi connectivity index (χ4n) is 4.24. The molecule has 0 spiro atoms.